The Labute approximate surface area is 111 Å². The van der Waals surface area contributed by atoms with E-state index < -0.39 is 0 Å². The molecule has 0 aliphatic carbocycles. The van der Waals surface area contributed by atoms with Crippen molar-refractivity contribution in [1.29, 1.82) is 0 Å². The average Bonchev–Trinajstić information content (AvgIpc) is 2.38. The van der Waals surface area contributed by atoms with Crippen molar-refractivity contribution in [2.45, 2.75) is 13.3 Å². The number of hydrogen-bond acceptors (Lipinski definition) is 5. The number of hydrogen-bond donors (Lipinski definition) is 3. The van der Waals surface area contributed by atoms with Gasteiger partial charge in [0.25, 0.3) is 0 Å². The number of benzene rings is 1. The molecule has 0 bridgehead atoms. The quantitative estimate of drug-likeness (QED) is 0.771. The van der Waals surface area contributed by atoms with Gasteiger partial charge >= 0.3 is 0 Å². The van der Waals surface area contributed by atoms with Crippen molar-refractivity contribution in [2.24, 2.45) is 0 Å². The van der Waals surface area contributed by atoms with E-state index in [0.717, 1.165) is 13.0 Å². The van der Waals surface area contributed by atoms with E-state index in [2.05, 4.69) is 27.5 Å². The van der Waals surface area contributed by atoms with Gasteiger partial charge in [0, 0.05) is 12.6 Å². The molecule has 2 aromatic rings. The van der Waals surface area contributed by atoms with Crippen molar-refractivity contribution in [1.82, 2.24) is 9.97 Å². The SMILES string of the molecule is CCCNc1cc(Nc2ccccc2F)nc(N)n1. The molecule has 0 aliphatic rings. The third kappa shape index (κ3) is 3.54. The Bertz CT molecular complexity index is 558. The van der Waals surface area contributed by atoms with Crippen molar-refractivity contribution >= 4 is 23.3 Å². The van der Waals surface area contributed by atoms with Crippen LogP contribution in [0.5, 0.6) is 0 Å². The molecule has 2 rings (SSSR count). The molecule has 0 amide bonds. The summed E-state index contributed by atoms with van der Waals surface area (Å²) in [7, 11) is 0. The molecule has 0 aliphatic heterocycles. The van der Waals surface area contributed by atoms with Gasteiger partial charge in [-0.3, -0.25) is 0 Å². The van der Waals surface area contributed by atoms with Gasteiger partial charge in [-0.25, -0.2) is 4.39 Å². The summed E-state index contributed by atoms with van der Waals surface area (Å²) in [5.41, 5.74) is 5.98. The molecule has 0 unspecified atom stereocenters. The van der Waals surface area contributed by atoms with E-state index in [1.807, 2.05) is 0 Å². The Morgan fingerprint density at radius 2 is 1.95 bits per heavy atom. The van der Waals surface area contributed by atoms with Crippen molar-refractivity contribution in [3.8, 4) is 0 Å². The molecule has 100 valence electrons. The van der Waals surface area contributed by atoms with Gasteiger partial charge in [-0.15, -0.1) is 0 Å². The number of para-hydroxylation sites is 1. The van der Waals surface area contributed by atoms with Crippen LogP contribution in [0.15, 0.2) is 30.3 Å². The van der Waals surface area contributed by atoms with Gasteiger partial charge in [-0.05, 0) is 18.6 Å². The highest BCUT2D eigenvalue weighted by Gasteiger charge is 2.05. The van der Waals surface area contributed by atoms with Crippen molar-refractivity contribution in [2.75, 3.05) is 22.9 Å². The Balaban J connectivity index is 2.20. The minimum absolute atomic E-state index is 0.139. The first-order chi connectivity index (χ1) is 9.19. The minimum Gasteiger partial charge on any atom is -0.370 e. The Hall–Kier alpha value is -2.37. The van der Waals surface area contributed by atoms with Crippen LogP contribution in [0.25, 0.3) is 0 Å². The van der Waals surface area contributed by atoms with E-state index in [1.54, 1.807) is 24.3 Å². The van der Waals surface area contributed by atoms with E-state index in [9.17, 15) is 4.39 Å². The number of anilines is 4. The number of halogens is 1. The summed E-state index contributed by atoms with van der Waals surface area (Å²) < 4.78 is 13.5. The second-order valence-corrected chi connectivity index (χ2v) is 4.03. The van der Waals surface area contributed by atoms with Gasteiger partial charge in [-0.2, -0.15) is 9.97 Å². The molecule has 1 heterocycles. The molecular formula is C13H16FN5. The van der Waals surface area contributed by atoms with Crippen LogP contribution in [0.3, 0.4) is 0 Å². The Morgan fingerprint density at radius 1 is 1.21 bits per heavy atom. The maximum absolute atomic E-state index is 13.5. The first-order valence-corrected chi connectivity index (χ1v) is 6.09. The van der Waals surface area contributed by atoms with Crippen LogP contribution in [0, 0.1) is 5.82 Å². The maximum Gasteiger partial charge on any atom is 0.223 e. The third-order valence-corrected chi connectivity index (χ3v) is 2.44. The van der Waals surface area contributed by atoms with Crippen LogP contribution in [0.1, 0.15) is 13.3 Å². The van der Waals surface area contributed by atoms with Gasteiger partial charge in [-0.1, -0.05) is 19.1 Å². The lowest BCUT2D eigenvalue weighted by atomic mass is 10.3. The zero-order chi connectivity index (χ0) is 13.7. The molecule has 0 saturated heterocycles. The summed E-state index contributed by atoms with van der Waals surface area (Å²) in [5.74, 6) is 0.868. The number of nitrogens with one attached hydrogen (secondary N) is 2. The van der Waals surface area contributed by atoms with Crippen LogP contribution in [0.4, 0.5) is 27.7 Å². The van der Waals surface area contributed by atoms with Crippen LogP contribution in [-0.2, 0) is 0 Å². The minimum atomic E-state index is -0.345. The summed E-state index contributed by atoms with van der Waals surface area (Å²) in [6, 6.07) is 8.07. The van der Waals surface area contributed by atoms with Crippen LogP contribution in [-0.4, -0.2) is 16.5 Å². The fourth-order valence-electron chi connectivity index (χ4n) is 1.57. The lowest BCUT2D eigenvalue weighted by Gasteiger charge is -2.09. The molecule has 5 nitrogen and oxygen atoms in total. The highest BCUT2D eigenvalue weighted by molar-refractivity contribution is 5.61. The maximum atomic E-state index is 13.5. The highest BCUT2D eigenvalue weighted by Crippen LogP contribution is 2.20. The van der Waals surface area contributed by atoms with Crippen LogP contribution in [0.2, 0.25) is 0 Å². The topological polar surface area (TPSA) is 75.9 Å². The first-order valence-electron chi connectivity index (χ1n) is 6.09. The Kier molecular flexibility index (Phi) is 4.12. The largest absolute Gasteiger partial charge is 0.370 e. The standard InChI is InChI=1S/C13H16FN5/c1-2-7-16-11-8-12(19-13(15)18-11)17-10-6-4-3-5-9(10)14/h3-6,8H,2,7H2,1H3,(H4,15,16,17,18,19). The zero-order valence-electron chi connectivity index (χ0n) is 10.7. The Morgan fingerprint density at radius 3 is 2.68 bits per heavy atom. The smallest absolute Gasteiger partial charge is 0.223 e. The first kappa shape index (κ1) is 13.1. The second kappa shape index (κ2) is 5.99. The molecule has 0 saturated carbocycles. The normalized spacial score (nSPS) is 10.2. The van der Waals surface area contributed by atoms with Gasteiger partial charge in [0.05, 0.1) is 5.69 Å². The van der Waals surface area contributed by atoms with E-state index in [0.29, 0.717) is 17.3 Å². The monoisotopic (exact) mass is 261 g/mol. The van der Waals surface area contributed by atoms with Gasteiger partial charge in [0.15, 0.2) is 0 Å². The second-order valence-electron chi connectivity index (χ2n) is 4.03. The lowest BCUT2D eigenvalue weighted by Crippen LogP contribution is -2.07. The average molecular weight is 261 g/mol. The van der Waals surface area contributed by atoms with Gasteiger partial charge in [0.1, 0.15) is 17.5 Å². The van der Waals surface area contributed by atoms with E-state index in [1.165, 1.54) is 6.07 Å². The predicted octanol–water partition coefficient (Wildman–Crippen LogP) is 2.76. The molecule has 4 N–H and O–H groups in total. The van der Waals surface area contributed by atoms with E-state index in [4.69, 9.17) is 5.73 Å². The summed E-state index contributed by atoms with van der Waals surface area (Å²) >= 11 is 0. The highest BCUT2D eigenvalue weighted by atomic mass is 19.1. The number of nitrogens with two attached hydrogens (primary N) is 1. The van der Waals surface area contributed by atoms with Gasteiger partial charge in [0.2, 0.25) is 5.95 Å². The molecule has 0 spiro atoms. The summed E-state index contributed by atoms with van der Waals surface area (Å²) in [6.07, 6.45) is 0.972. The molecule has 1 aromatic heterocycles. The molecule has 0 fully saturated rings. The number of rotatable bonds is 5. The van der Waals surface area contributed by atoms with Crippen LogP contribution >= 0.6 is 0 Å². The molecule has 6 heteroatoms. The van der Waals surface area contributed by atoms with Crippen molar-refractivity contribution in [3.05, 3.63) is 36.1 Å². The van der Waals surface area contributed by atoms with Gasteiger partial charge < -0.3 is 16.4 Å². The molecular weight excluding hydrogens is 245 g/mol. The lowest BCUT2D eigenvalue weighted by molar-refractivity contribution is 0.632. The molecule has 0 radical (unpaired) electrons. The number of nitrogen functional groups attached to an aromatic ring is 1. The fraction of sp³-hybridized carbons (Fsp3) is 0.231. The number of aromatic nitrogens is 2. The van der Waals surface area contributed by atoms with Crippen LogP contribution < -0.4 is 16.4 Å². The predicted molar refractivity (Wildman–Crippen MR) is 74.9 cm³/mol. The summed E-state index contributed by atoms with van der Waals surface area (Å²) in [5, 5.41) is 5.99. The summed E-state index contributed by atoms with van der Waals surface area (Å²) in [4.78, 5) is 8.08. The molecule has 1 aromatic carbocycles. The number of nitrogens with zero attached hydrogens (tertiary/aromatic N) is 2. The molecule has 19 heavy (non-hydrogen) atoms. The van der Waals surface area contributed by atoms with E-state index >= 15 is 0 Å². The van der Waals surface area contributed by atoms with E-state index in [-0.39, 0.29) is 11.8 Å². The van der Waals surface area contributed by atoms with Crippen molar-refractivity contribution < 1.29 is 4.39 Å². The zero-order valence-corrected chi connectivity index (χ0v) is 10.7. The summed E-state index contributed by atoms with van der Waals surface area (Å²) in [6.45, 7) is 2.84. The van der Waals surface area contributed by atoms with Crippen molar-refractivity contribution in [3.63, 3.8) is 0 Å². The molecule has 0 atom stereocenters. The fourth-order valence-corrected chi connectivity index (χ4v) is 1.57. The third-order valence-electron chi connectivity index (χ3n) is 2.44.